The summed E-state index contributed by atoms with van der Waals surface area (Å²) in [6.45, 7) is 5.85. The van der Waals surface area contributed by atoms with Crippen LogP contribution in [0.3, 0.4) is 0 Å². The van der Waals surface area contributed by atoms with Crippen LogP contribution in [0.5, 0.6) is 0 Å². The van der Waals surface area contributed by atoms with Gasteiger partial charge in [0, 0.05) is 12.5 Å². The van der Waals surface area contributed by atoms with Crippen molar-refractivity contribution in [3.8, 4) is 0 Å². The van der Waals surface area contributed by atoms with Gasteiger partial charge in [-0.05, 0) is 6.42 Å². The van der Waals surface area contributed by atoms with E-state index in [0.29, 0.717) is 0 Å². The second kappa shape index (κ2) is 4.83. The van der Waals surface area contributed by atoms with Crippen molar-refractivity contribution in [1.82, 2.24) is 4.90 Å². The minimum atomic E-state index is -0.398. The Hall–Kier alpha value is -1.26. The molecule has 1 amide bonds. The Bertz CT molecular complexity index is 236. The van der Waals surface area contributed by atoms with Crippen LogP contribution in [0.4, 0.5) is 0 Å². The van der Waals surface area contributed by atoms with Crippen LogP contribution in [0.15, 0.2) is 5.16 Å². The van der Waals surface area contributed by atoms with Crippen LogP contribution < -0.4 is 5.73 Å². The zero-order valence-electron chi connectivity index (χ0n) is 9.24. The summed E-state index contributed by atoms with van der Waals surface area (Å²) in [5.74, 6) is 0.0272. The molecule has 0 saturated heterocycles. The van der Waals surface area contributed by atoms with Crippen molar-refractivity contribution in [3.05, 3.63) is 0 Å². The number of hydrogen-bond donors (Lipinski definition) is 2. The number of amidine groups is 1. The minimum absolute atomic E-state index is 0.00778. The second-order valence-corrected chi connectivity index (χ2v) is 3.99. The Labute approximate surface area is 84.6 Å². The van der Waals surface area contributed by atoms with E-state index in [1.807, 2.05) is 20.8 Å². The van der Waals surface area contributed by atoms with Gasteiger partial charge in [-0.1, -0.05) is 25.9 Å². The normalized spacial score (nSPS) is 12.7. The molecule has 82 valence electrons. The fraction of sp³-hybridized carbons (Fsp3) is 0.778. The number of hydrogen-bond acceptors (Lipinski definition) is 3. The van der Waals surface area contributed by atoms with Gasteiger partial charge in [0.2, 0.25) is 5.91 Å². The summed E-state index contributed by atoms with van der Waals surface area (Å²) < 4.78 is 0. The highest BCUT2D eigenvalue weighted by molar-refractivity contribution is 5.88. The van der Waals surface area contributed by atoms with Crippen LogP contribution in [0, 0.1) is 5.41 Å². The van der Waals surface area contributed by atoms with E-state index in [0.717, 1.165) is 6.42 Å². The van der Waals surface area contributed by atoms with E-state index in [1.165, 1.54) is 4.90 Å². The molecule has 0 aromatic rings. The van der Waals surface area contributed by atoms with Crippen LogP contribution in [0.2, 0.25) is 0 Å². The van der Waals surface area contributed by atoms with Crippen molar-refractivity contribution < 1.29 is 10.0 Å². The zero-order valence-corrected chi connectivity index (χ0v) is 9.24. The fourth-order valence-corrected chi connectivity index (χ4v) is 1.01. The van der Waals surface area contributed by atoms with E-state index in [4.69, 9.17) is 10.9 Å². The lowest BCUT2D eigenvalue weighted by molar-refractivity contribution is -0.138. The largest absolute Gasteiger partial charge is 0.409 e. The third-order valence-electron chi connectivity index (χ3n) is 2.34. The van der Waals surface area contributed by atoms with Gasteiger partial charge in [-0.25, -0.2) is 0 Å². The highest BCUT2D eigenvalue weighted by atomic mass is 16.4. The van der Waals surface area contributed by atoms with Gasteiger partial charge in [0.05, 0.1) is 6.54 Å². The van der Waals surface area contributed by atoms with E-state index in [2.05, 4.69) is 5.16 Å². The number of nitrogens with zero attached hydrogens (tertiary/aromatic N) is 2. The molecule has 5 nitrogen and oxygen atoms in total. The van der Waals surface area contributed by atoms with Crippen molar-refractivity contribution in [2.75, 3.05) is 13.6 Å². The van der Waals surface area contributed by atoms with E-state index in [1.54, 1.807) is 7.05 Å². The molecule has 0 aliphatic heterocycles. The van der Waals surface area contributed by atoms with Crippen LogP contribution >= 0.6 is 0 Å². The second-order valence-electron chi connectivity index (χ2n) is 3.99. The van der Waals surface area contributed by atoms with Gasteiger partial charge in [-0.2, -0.15) is 0 Å². The summed E-state index contributed by atoms with van der Waals surface area (Å²) in [5, 5.41) is 11.2. The lowest BCUT2D eigenvalue weighted by Crippen LogP contribution is -2.42. The predicted molar refractivity (Wildman–Crippen MR) is 55.1 cm³/mol. The molecule has 0 aliphatic rings. The third-order valence-corrected chi connectivity index (χ3v) is 2.34. The van der Waals surface area contributed by atoms with Crippen LogP contribution in [-0.4, -0.2) is 35.4 Å². The monoisotopic (exact) mass is 201 g/mol. The van der Waals surface area contributed by atoms with Crippen LogP contribution in [0.25, 0.3) is 0 Å². The number of nitrogens with two attached hydrogens (primary N) is 1. The van der Waals surface area contributed by atoms with E-state index < -0.39 is 5.41 Å². The van der Waals surface area contributed by atoms with Crippen molar-refractivity contribution >= 4 is 11.7 Å². The average Bonchev–Trinajstić information content (AvgIpc) is 2.16. The Balaban J connectivity index is 4.41. The fourth-order valence-electron chi connectivity index (χ4n) is 1.01. The van der Waals surface area contributed by atoms with Crippen LogP contribution in [-0.2, 0) is 4.79 Å². The number of rotatable bonds is 4. The standard InChI is InChI=1S/C9H19N3O2/c1-5-9(2,3)8(13)12(4)6-7(10)11-14/h14H,5-6H2,1-4H3,(H2,10,11). The number of likely N-dealkylation sites (N-methyl/N-ethyl adjacent to an activating group) is 1. The van der Waals surface area contributed by atoms with Crippen molar-refractivity contribution in [2.24, 2.45) is 16.3 Å². The molecule has 0 aliphatic carbocycles. The highest BCUT2D eigenvalue weighted by Crippen LogP contribution is 2.21. The summed E-state index contributed by atoms with van der Waals surface area (Å²) in [4.78, 5) is 13.2. The summed E-state index contributed by atoms with van der Waals surface area (Å²) in [6, 6.07) is 0. The Kier molecular flexibility index (Phi) is 4.40. The van der Waals surface area contributed by atoms with Gasteiger partial charge in [0.1, 0.15) is 0 Å². The number of carbonyl (C=O) groups is 1. The number of carbonyl (C=O) groups excluding carboxylic acids is 1. The van der Waals surface area contributed by atoms with Gasteiger partial charge in [-0.15, -0.1) is 0 Å². The molecule has 0 aromatic carbocycles. The molecule has 0 atom stereocenters. The summed E-state index contributed by atoms with van der Waals surface area (Å²) in [6.07, 6.45) is 0.756. The molecule has 0 rings (SSSR count). The van der Waals surface area contributed by atoms with Crippen molar-refractivity contribution in [3.63, 3.8) is 0 Å². The first-order chi connectivity index (χ1) is 6.35. The van der Waals surface area contributed by atoms with E-state index in [9.17, 15) is 4.79 Å². The molecule has 5 heteroatoms. The maximum Gasteiger partial charge on any atom is 0.228 e. The van der Waals surface area contributed by atoms with Gasteiger partial charge in [0.15, 0.2) is 5.84 Å². The number of oxime groups is 1. The molecule has 0 heterocycles. The molecule has 14 heavy (non-hydrogen) atoms. The van der Waals surface area contributed by atoms with E-state index >= 15 is 0 Å². The van der Waals surface area contributed by atoms with Crippen molar-refractivity contribution in [1.29, 1.82) is 0 Å². The summed E-state index contributed by atoms with van der Waals surface area (Å²) in [7, 11) is 1.64. The van der Waals surface area contributed by atoms with E-state index in [-0.39, 0.29) is 18.3 Å². The molecule has 0 radical (unpaired) electrons. The third kappa shape index (κ3) is 3.24. The lowest BCUT2D eigenvalue weighted by atomic mass is 9.89. The Morgan fingerprint density at radius 3 is 2.43 bits per heavy atom. The molecule has 0 aromatic heterocycles. The maximum atomic E-state index is 11.8. The molecule has 0 bridgehead atoms. The topological polar surface area (TPSA) is 78.9 Å². The van der Waals surface area contributed by atoms with Gasteiger partial charge < -0.3 is 15.8 Å². The smallest absolute Gasteiger partial charge is 0.228 e. The first-order valence-corrected chi connectivity index (χ1v) is 4.57. The van der Waals surface area contributed by atoms with Gasteiger partial charge in [-0.3, -0.25) is 4.79 Å². The van der Waals surface area contributed by atoms with Crippen LogP contribution in [0.1, 0.15) is 27.2 Å². The number of amides is 1. The molecule has 0 fully saturated rings. The maximum absolute atomic E-state index is 11.8. The lowest BCUT2D eigenvalue weighted by Gasteiger charge is -2.27. The molecular weight excluding hydrogens is 182 g/mol. The van der Waals surface area contributed by atoms with Gasteiger partial charge in [0.25, 0.3) is 0 Å². The quantitative estimate of drug-likeness (QED) is 0.303. The minimum Gasteiger partial charge on any atom is -0.409 e. The highest BCUT2D eigenvalue weighted by Gasteiger charge is 2.28. The molecule has 0 saturated carbocycles. The first-order valence-electron chi connectivity index (χ1n) is 4.57. The molecular formula is C9H19N3O2. The van der Waals surface area contributed by atoms with Crippen molar-refractivity contribution in [2.45, 2.75) is 27.2 Å². The Morgan fingerprint density at radius 2 is 2.07 bits per heavy atom. The molecule has 0 unspecified atom stereocenters. The zero-order chi connectivity index (χ0) is 11.4. The van der Waals surface area contributed by atoms with Gasteiger partial charge >= 0.3 is 0 Å². The first kappa shape index (κ1) is 12.7. The Morgan fingerprint density at radius 1 is 1.57 bits per heavy atom. The average molecular weight is 201 g/mol. The summed E-state index contributed by atoms with van der Waals surface area (Å²) in [5.41, 5.74) is 4.90. The molecule has 0 spiro atoms. The predicted octanol–water partition coefficient (Wildman–Crippen LogP) is 0.627. The molecule has 3 N–H and O–H groups in total. The SMILES string of the molecule is CCC(C)(C)C(=O)N(C)CC(N)=NO. The summed E-state index contributed by atoms with van der Waals surface area (Å²) >= 11 is 0.